The zero-order chi connectivity index (χ0) is 14.1. The molecule has 20 heavy (non-hydrogen) atoms. The Bertz CT molecular complexity index is 525. The summed E-state index contributed by atoms with van der Waals surface area (Å²) < 4.78 is 1.14. The molecule has 0 spiro atoms. The highest BCUT2D eigenvalue weighted by atomic mass is 16.4. The average molecular weight is 279 g/mol. The number of aromatic nitrogens is 3. The van der Waals surface area contributed by atoms with Gasteiger partial charge in [-0.05, 0) is 19.3 Å². The fraction of sp³-hybridized carbons (Fsp3) is 0.667. The zero-order valence-corrected chi connectivity index (χ0v) is 11.0. The largest absolute Gasteiger partial charge is 0.480 e. The number of aliphatic carboxylic acids is 1. The lowest BCUT2D eigenvalue weighted by molar-refractivity contribution is -0.137. The van der Waals surface area contributed by atoms with Gasteiger partial charge in [-0.1, -0.05) is 5.21 Å². The summed E-state index contributed by atoms with van der Waals surface area (Å²) >= 11 is 0. The number of hydrogen-bond acceptors (Lipinski definition) is 5. The minimum absolute atomic E-state index is 0.146. The van der Waals surface area contributed by atoms with Crippen LogP contribution < -0.4 is 5.32 Å². The van der Waals surface area contributed by atoms with E-state index in [4.69, 9.17) is 5.11 Å². The number of carboxylic acid groups (broad SMARTS) is 1. The van der Waals surface area contributed by atoms with Gasteiger partial charge in [-0.3, -0.25) is 14.5 Å². The molecule has 2 aliphatic rings. The van der Waals surface area contributed by atoms with Crippen LogP contribution in [0, 0.1) is 0 Å². The van der Waals surface area contributed by atoms with E-state index in [1.807, 2.05) is 0 Å². The molecule has 1 aromatic rings. The second-order valence-corrected chi connectivity index (χ2v) is 5.38. The predicted octanol–water partition coefficient (Wildman–Crippen LogP) is -0.671. The molecule has 3 rings (SSSR count). The van der Waals surface area contributed by atoms with E-state index in [-0.39, 0.29) is 24.2 Å². The van der Waals surface area contributed by atoms with Crippen LogP contribution in [0.15, 0.2) is 6.20 Å². The molecule has 2 fully saturated rings. The third kappa shape index (κ3) is 2.96. The van der Waals surface area contributed by atoms with E-state index >= 15 is 0 Å². The van der Waals surface area contributed by atoms with Crippen molar-refractivity contribution >= 4 is 11.9 Å². The number of carboxylic acids is 1. The maximum atomic E-state index is 12.0. The Kier molecular flexibility index (Phi) is 3.39. The summed E-state index contributed by atoms with van der Waals surface area (Å²) in [6.07, 6.45) is 4.84. The lowest BCUT2D eigenvalue weighted by Crippen LogP contribution is -2.37. The number of amides is 1. The van der Waals surface area contributed by atoms with Crippen LogP contribution in [0.1, 0.15) is 29.8 Å². The van der Waals surface area contributed by atoms with Gasteiger partial charge in [0, 0.05) is 25.2 Å². The van der Waals surface area contributed by atoms with E-state index in [1.54, 1.807) is 0 Å². The first-order valence-electron chi connectivity index (χ1n) is 6.78. The first kappa shape index (κ1) is 13.0. The van der Waals surface area contributed by atoms with Crippen LogP contribution in [-0.4, -0.2) is 62.0 Å². The van der Waals surface area contributed by atoms with Crippen molar-refractivity contribution in [3.63, 3.8) is 0 Å². The molecule has 0 aromatic carbocycles. The Morgan fingerprint density at radius 2 is 2.20 bits per heavy atom. The maximum absolute atomic E-state index is 12.0. The van der Waals surface area contributed by atoms with Crippen LogP contribution in [0.4, 0.5) is 0 Å². The number of likely N-dealkylation sites (tertiary alicyclic amines) is 1. The van der Waals surface area contributed by atoms with Gasteiger partial charge < -0.3 is 10.4 Å². The van der Waals surface area contributed by atoms with Gasteiger partial charge in [0.25, 0.3) is 5.91 Å². The summed E-state index contributed by atoms with van der Waals surface area (Å²) in [5, 5.41) is 18.9. The summed E-state index contributed by atoms with van der Waals surface area (Å²) in [5.41, 5.74) is 0.163. The Morgan fingerprint density at radius 3 is 2.90 bits per heavy atom. The number of carbonyl (C=O) groups excluding carboxylic acids is 1. The molecule has 1 unspecified atom stereocenters. The van der Waals surface area contributed by atoms with Crippen molar-refractivity contribution in [1.82, 2.24) is 25.2 Å². The van der Waals surface area contributed by atoms with Gasteiger partial charge in [-0.15, -0.1) is 5.10 Å². The van der Waals surface area contributed by atoms with Crippen molar-refractivity contribution in [1.29, 1.82) is 0 Å². The van der Waals surface area contributed by atoms with Gasteiger partial charge in [-0.25, -0.2) is 4.68 Å². The summed E-state index contributed by atoms with van der Waals surface area (Å²) in [6, 6.07) is 0.862. The van der Waals surface area contributed by atoms with Gasteiger partial charge in [0.1, 0.15) is 6.54 Å². The molecule has 2 N–H and O–H groups in total. The summed E-state index contributed by atoms with van der Waals surface area (Å²) in [6.45, 7) is 1.63. The van der Waals surface area contributed by atoms with Crippen LogP contribution >= 0.6 is 0 Å². The molecule has 1 aliphatic heterocycles. The van der Waals surface area contributed by atoms with Crippen LogP contribution in [-0.2, 0) is 11.3 Å². The van der Waals surface area contributed by atoms with Gasteiger partial charge in [-0.2, -0.15) is 0 Å². The molecule has 1 saturated carbocycles. The first-order chi connectivity index (χ1) is 9.61. The molecular formula is C12H17N5O3. The number of carbonyl (C=O) groups is 2. The molecule has 1 aliphatic carbocycles. The fourth-order valence-corrected chi connectivity index (χ4v) is 2.55. The van der Waals surface area contributed by atoms with Crippen LogP contribution in [0.3, 0.4) is 0 Å². The number of rotatable bonds is 5. The molecule has 8 heteroatoms. The van der Waals surface area contributed by atoms with Crippen molar-refractivity contribution < 1.29 is 14.7 Å². The molecule has 1 aromatic heterocycles. The van der Waals surface area contributed by atoms with E-state index in [0.717, 1.165) is 24.2 Å². The Balaban J connectivity index is 1.53. The fourth-order valence-electron chi connectivity index (χ4n) is 2.55. The smallest absolute Gasteiger partial charge is 0.325 e. The van der Waals surface area contributed by atoms with Crippen molar-refractivity contribution in [2.45, 2.75) is 37.9 Å². The first-order valence-corrected chi connectivity index (χ1v) is 6.78. The standard InChI is InChI=1S/C12H17N5O3/c18-11(19)7-17-6-10(14-15-17)12(20)13-8-3-4-16(5-8)9-1-2-9/h6,8-9H,1-5,7H2,(H,13,20)(H,18,19). The van der Waals surface area contributed by atoms with Crippen LogP contribution in [0.25, 0.3) is 0 Å². The molecule has 8 nitrogen and oxygen atoms in total. The van der Waals surface area contributed by atoms with E-state index in [1.165, 1.54) is 19.0 Å². The molecule has 1 amide bonds. The normalized spacial score (nSPS) is 22.9. The molecule has 1 saturated heterocycles. The van der Waals surface area contributed by atoms with Crippen molar-refractivity contribution in [3.05, 3.63) is 11.9 Å². The lowest BCUT2D eigenvalue weighted by atomic mass is 10.2. The van der Waals surface area contributed by atoms with Gasteiger partial charge in [0.05, 0.1) is 6.20 Å². The van der Waals surface area contributed by atoms with Crippen LogP contribution in [0.2, 0.25) is 0 Å². The van der Waals surface area contributed by atoms with Crippen molar-refractivity contribution in [2.24, 2.45) is 0 Å². The Hall–Kier alpha value is -1.96. The van der Waals surface area contributed by atoms with Crippen LogP contribution in [0.5, 0.6) is 0 Å². The Morgan fingerprint density at radius 1 is 1.40 bits per heavy atom. The predicted molar refractivity (Wildman–Crippen MR) is 68.1 cm³/mol. The van der Waals surface area contributed by atoms with E-state index in [0.29, 0.717) is 6.04 Å². The van der Waals surface area contributed by atoms with Gasteiger partial charge in [0.2, 0.25) is 0 Å². The third-order valence-electron chi connectivity index (χ3n) is 3.69. The monoisotopic (exact) mass is 279 g/mol. The zero-order valence-electron chi connectivity index (χ0n) is 11.0. The van der Waals surface area contributed by atoms with Crippen molar-refractivity contribution in [2.75, 3.05) is 13.1 Å². The number of nitrogens with one attached hydrogen (secondary N) is 1. The van der Waals surface area contributed by atoms with E-state index in [2.05, 4.69) is 20.5 Å². The molecule has 108 valence electrons. The molecule has 2 heterocycles. The number of nitrogens with zero attached hydrogens (tertiary/aromatic N) is 4. The molecule has 0 radical (unpaired) electrons. The lowest BCUT2D eigenvalue weighted by Gasteiger charge is -2.15. The SMILES string of the molecule is O=C(O)Cn1cc(C(=O)NC2CCN(C3CC3)C2)nn1. The highest BCUT2D eigenvalue weighted by Crippen LogP contribution is 2.29. The summed E-state index contributed by atoms with van der Waals surface area (Å²) in [7, 11) is 0. The highest BCUT2D eigenvalue weighted by molar-refractivity contribution is 5.92. The second kappa shape index (κ2) is 5.20. The van der Waals surface area contributed by atoms with E-state index in [9.17, 15) is 9.59 Å². The summed E-state index contributed by atoms with van der Waals surface area (Å²) in [4.78, 5) is 24.9. The molecule has 0 bridgehead atoms. The van der Waals surface area contributed by atoms with E-state index < -0.39 is 5.97 Å². The average Bonchev–Trinajstić information content (AvgIpc) is 2.96. The highest BCUT2D eigenvalue weighted by Gasteiger charge is 2.35. The maximum Gasteiger partial charge on any atom is 0.325 e. The second-order valence-electron chi connectivity index (χ2n) is 5.38. The molecular weight excluding hydrogens is 262 g/mol. The quantitative estimate of drug-likeness (QED) is 0.741. The van der Waals surface area contributed by atoms with Gasteiger partial charge in [0.15, 0.2) is 5.69 Å². The Labute approximate surface area is 115 Å². The third-order valence-corrected chi connectivity index (χ3v) is 3.69. The molecule has 1 atom stereocenters. The number of hydrogen-bond donors (Lipinski definition) is 2. The van der Waals surface area contributed by atoms with Crippen molar-refractivity contribution in [3.8, 4) is 0 Å². The summed E-state index contributed by atoms with van der Waals surface area (Å²) in [5.74, 6) is -1.30. The minimum atomic E-state index is -1.02. The topological polar surface area (TPSA) is 100 Å². The van der Waals surface area contributed by atoms with Gasteiger partial charge >= 0.3 is 5.97 Å². The minimum Gasteiger partial charge on any atom is -0.480 e.